The highest BCUT2D eigenvalue weighted by Gasteiger charge is 2.21. The maximum absolute atomic E-state index is 12.2. The summed E-state index contributed by atoms with van der Waals surface area (Å²) in [6.07, 6.45) is 1.05. The Balaban J connectivity index is 1.95. The van der Waals surface area contributed by atoms with Gasteiger partial charge in [0, 0.05) is 17.2 Å². The van der Waals surface area contributed by atoms with Gasteiger partial charge in [-0.1, -0.05) is 29.8 Å². The molecule has 0 aliphatic carbocycles. The molecule has 146 valence electrons. The topological polar surface area (TPSA) is 75.7 Å². The van der Waals surface area contributed by atoms with Crippen molar-refractivity contribution >= 4 is 45.0 Å². The number of carbonyl (C=O) groups is 1. The van der Waals surface area contributed by atoms with E-state index in [1.165, 1.54) is 13.2 Å². The molecule has 2 aromatic carbocycles. The second-order valence-electron chi connectivity index (χ2n) is 5.60. The van der Waals surface area contributed by atoms with Gasteiger partial charge in [0.25, 0.3) is 0 Å². The first-order chi connectivity index (χ1) is 12.8. The molecule has 1 N–H and O–H groups in total. The number of nitrogens with one attached hydrogen (secondary N) is 1. The number of amides is 1. The molecule has 9 heteroatoms. The number of halogens is 1. The number of carbonyl (C=O) groups excluding carboxylic acids is 1. The molecule has 0 saturated carbocycles. The SMILES string of the molecule is COc1ccc(N(CC(=O)NCCSc2ccccc2)S(C)(=O)=O)cc1Cl. The summed E-state index contributed by atoms with van der Waals surface area (Å²) in [7, 11) is -2.19. The van der Waals surface area contributed by atoms with Gasteiger partial charge in [-0.3, -0.25) is 9.10 Å². The second-order valence-corrected chi connectivity index (χ2v) is 9.08. The van der Waals surface area contributed by atoms with Gasteiger partial charge < -0.3 is 10.1 Å². The maximum atomic E-state index is 12.2. The fourth-order valence-corrected chi connectivity index (χ4v) is 4.16. The number of anilines is 1. The van der Waals surface area contributed by atoms with E-state index in [2.05, 4.69) is 5.32 Å². The second kappa shape index (κ2) is 9.87. The summed E-state index contributed by atoms with van der Waals surface area (Å²) in [5, 5.41) is 3.01. The Morgan fingerprint density at radius 3 is 2.52 bits per heavy atom. The summed E-state index contributed by atoms with van der Waals surface area (Å²) in [4.78, 5) is 13.3. The third kappa shape index (κ3) is 6.64. The highest BCUT2D eigenvalue weighted by Crippen LogP contribution is 2.30. The van der Waals surface area contributed by atoms with Crippen LogP contribution in [-0.2, 0) is 14.8 Å². The number of thioether (sulfide) groups is 1. The van der Waals surface area contributed by atoms with E-state index < -0.39 is 10.0 Å². The minimum Gasteiger partial charge on any atom is -0.495 e. The summed E-state index contributed by atoms with van der Waals surface area (Å²) in [5.41, 5.74) is 0.303. The first-order valence-electron chi connectivity index (χ1n) is 8.07. The molecule has 2 aromatic rings. The lowest BCUT2D eigenvalue weighted by molar-refractivity contribution is -0.119. The molecule has 2 rings (SSSR count). The number of rotatable bonds is 9. The van der Waals surface area contributed by atoms with Crippen molar-refractivity contribution in [2.24, 2.45) is 0 Å². The molecule has 27 heavy (non-hydrogen) atoms. The van der Waals surface area contributed by atoms with E-state index >= 15 is 0 Å². The molecule has 0 saturated heterocycles. The van der Waals surface area contributed by atoms with Crippen LogP contribution in [0.4, 0.5) is 5.69 Å². The molecular formula is C18H21ClN2O4S2. The van der Waals surface area contributed by atoms with Crippen molar-refractivity contribution in [2.75, 3.05) is 36.5 Å². The van der Waals surface area contributed by atoms with Gasteiger partial charge in [-0.2, -0.15) is 0 Å². The Labute approximate surface area is 168 Å². The molecule has 0 atom stereocenters. The van der Waals surface area contributed by atoms with Crippen LogP contribution in [0, 0.1) is 0 Å². The van der Waals surface area contributed by atoms with Crippen LogP contribution < -0.4 is 14.4 Å². The van der Waals surface area contributed by atoms with E-state index in [1.54, 1.807) is 23.9 Å². The van der Waals surface area contributed by atoms with E-state index in [9.17, 15) is 13.2 Å². The molecule has 0 bridgehead atoms. The van der Waals surface area contributed by atoms with Crippen molar-refractivity contribution in [3.05, 3.63) is 53.6 Å². The van der Waals surface area contributed by atoms with E-state index in [0.717, 1.165) is 15.5 Å². The zero-order valence-corrected chi connectivity index (χ0v) is 17.4. The van der Waals surface area contributed by atoms with E-state index in [4.69, 9.17) is 16.3 Å². The summed E-state index contributed by atoms with van der Waals surface area (Å²) >= 11 is 7.68. The zero-order chi connectivity index (χ0) is 19.9. The van der Waals surface area contributed by atoms with Crippen LogP contribution in [0.2, 0.25) is 5.02 Å². The largest absolute Gasteiger partial charge is 0.495 e. The van der Waals surface area contributed by atoms with Crippen LogP contribution in [-0.4, -0.2) is 46.5 Å². The molecule has 0 fully saturated rings. The number of methoxy groups -OCH3 is 1. The number of sulfonamides is 1. The Bertz CT molecular complexity index is 876. The predicted molar refractivity (Wildman–Crippen MR) is 110 cm³/mol. The number of hydrogen-bond donors (Lipinski definition) is 1. The van der Waals surface area contributed by atoms with Crippen molar-refractivity contribution in [1.29, 1.82) is 0 Å². The number of ether oxygens (including phenoxy) is 1. The lowest BCUT2D eigenvalue weighted by Gasteiger charge is -2.22. The molecule has 0 aromatic heterocycles. The summed E-state index contributed by atoms with van der Waals surface area (Å²) in [6, 6.07) is 14.4. The quantitative estimate of drug-likeness (QED) is 0.490. The number of nitrogens with zero attached hydrogens (tertiary/aromatic N) is 1. The fraction of sp³-hybridized carbons (Fsp3) is 0.278. The summed E-state index contributed by atoms with van der Waals surface area (Å²) in [5.74, 6) is 0.723. The van der Waals surface area contributed by atoms with Gasteiger partial charge >= 0.3 is 0 Å². The van der Waals surface area contributed by atoms with Crippen molar-refractivity contribution in [1.82, 2.24) is 5.32 Å². The smallest absolute Gasteiger partial charge is 0.240 e. The molecule has 1 amide bonds. The minimum atomic E-state index is -3.66. The van der Waals surface area contributed by atoms with Crippen LogP contribution in [0.25, 0.3) is 0 Å². The molecule has 0 aliphatic heterocycles. The highest BCUT2D eigenvalue weighted by atomic mass is 35.5. The standard InChI is InChI=1S/C18H21ClN2O4S2/c1-25-17-9-8-14(12-16(17)19)21(27(2,23)24)13-18(22)20-10-11-26-15-6-4-3-5-7-15/h3-9,12H,10-11,13H2,1-2H3,(H,20,22). The Kier molecular flexibility index (Phi) is 7.82. The summed E-state index contributed by atoms with van der Waals surface area (Å²) in [6.45, 7) is 0.108. The minimum absolute atomic E-state index is 0.267. The van der Waals surface area contributed by atoms with Crippen LogP contribution in [0.15, 0.2) is 53.4 Å². The lowest BCUT2D eigenvalue weighted by Crippen LogP contribution is -2.41. The molecule has 0 spiro atoms. The molecule has 0 radical (unpaired) electrons. The van der Waals surface area contributed by atoms with Gasteiger partial charge in [0.1, 0.15) is 12.3 Å². The zero-order valence-electron chi connectivity index (χ0n) is 15.0. The van der Waals surface area contributed by atoms with Crippen molar-refractivity contribution in [3.63, 3.8) is 0 Å². The van der Waals surface area contributed by atoms with Crippen molar-refractivity contribution in [2.45, 2.75) is 4.90 Å². The molecular weight excluding hydrogens is 408 g/mol. The number of benzene rings is 2. The van der Waals surface area contributed by atoms with Crippen LogP contribution in [0.1, 0.15) is 0 Å². The lowest BCUT2D eigenvalue weighted by atomic mass is 10.3. The first kappa shape index (κ1) is 21.4. The summed E-state index contributed by atoms with van der Waals surface area (Å²) < 4.78 is 30.3. The van der Waals surface area contributed by atoms with Crippen LogP contribution in [0.5, 0.6) is 5.75 Å². The highest BCUT2D eigenvalue weighted by molar-refractivity contribution is 7.99. The van der Waals surface area contributed by atoms with Crippen molar-refractivity contribution in [3.8, 4) is 5.75 Å². The average molecular weight is 429 g/mol. The van der Waals surface area contributed by atoms with Gasteiger partial charge in [0.2, 0.25) is 15.9 Å². The van der Waals surface area contributed by atoms with E-state index in [1.807, 2.05) is 30.3 Å². The van der Waals surface area contributed by atoms with Crippen molar-refractivity contribution < 1.29 is 17.9 Å². The van der Waals surface area contributed by atoms with Gasteiger partial charge in [-0.25, -0.2) is 8.42 Å². The molecule has 0 aliphatic rings. The van der Waals surface area contributed by atoms with Gasteiger partial charge in [0.05, 0.1) is 24.1 Å². The van der Waals surface area contributed by atoms with E-state index in [-0.39, 0.29) is 17.5 Å². The Morgan fingerprint density at radius 1 is 1.22 bits per heavy atom. The van der Waals surface area contributed by atoms with Crippen LogP contribution in [0.3, 0.4) is 0 Å². The first-order valence-corrected chi connectivity index (χ1v) is 11.3. The average Bonchev–Trinajstić information content (AvgIpc) is 2.63. The van der Waals surface area contributed by atoms with Crippen LogP contribution >= 0.6 is 23.4 Å². The van der Waals surface area contributed by atoms with Gasteiger partial charge in [0.15, 0.2) is 0 Å². The third-order valence-corrected chi connectivity index (χ3v) is 6.00. The fourth-order valence-electron chi connectivity index (χ4n) is 2.27. The maximum Gasteiger partial charge on any atom is 0.240 e. The van der Waals surface area contributed by atoms with E-state index in [0.29, 0.717) is 23.7 Å². The van der Waals surface area contributed by atoms with Gasteiger partial charge in [-0.05, 0) is 30.3 Å². The molecule has 0 unspecified atom stereocenters. The predicted octanol–water partition coefficient (Wildman–Crippen LogP) is 3.02. The molecule has 6 nitrogen and oxygen atoms in total. The normalized spacial score (nSPS) is 11.1. The molecule has 0 heterocycles. The Morgan fingerprint density at radius 2 is 1.93 bits per heavy atom. The third-order valence-electron chi connectivity index (χ3n) is 3.55. The Hall–Kier alpha value is -1.90. The van der Waals surface area contributed by atoms with Gasteiger partial charge in [-0.15, -0.1) is 11.8 Å². The monoisotopic (exact) mass is 428 g/mol. The number of hydrogen-bond acceptors (Lipinski definition) is 5.